The maximum absolute atomic E-state index is 13.8. The van der Waals surface area contributed by atoms with Gasteiger partial charge >= 0.3 is 0 Å². The molecule has 1 aromatic carbocycles. The van der Waals surface area contributed by atoms with E-state index in [4.69, 9.17) is 16.3 Å². The fraction of sp³-hybridized carbons (Fsp3) is 0.214. The lowest BCUT2D eigenvalue weighted by atomic mass is 10.1. The summed E-state index contributed by atoms with van der Waals surface area (Å²) in [5, 5.41) is -0.504. The lowest BCUT2D eigenvalue weighted by Crippen LogP contribution is -2.03. The Morgan fingerprint density at radius 2 is 2.11 bits per heavy atom. The second kappa shape index (κ2) is 5.83. The van der Waals surface area contributed by atoms with Gasteiger partial charge in [-0.25, -0.2) is 4.39 Å². The lowest BCUT2D eigenvalue weighted by Gasteiger charge is -2.14. The topological polar surface area (TPSA) is 22.1 Å². The number of pyridine rings is 1. The van der Waals surface area contributed by atoms with Crippen molar-refractivity contribution < 1.29 is 9.13 Å². The van der Waals surface area contributed by atoms with E-state index in [-0.39, 0.29) is 5.82 Å². The monoisotopic (exact) mass is 265 g/mol. The van der Waals surface area contributed by atoms with Gasteiger partial charge in [0.25, 0.3) is 0 Å². The summed E-state index contributed by atoms with van der Waals surface area (Å²) in [5.74, 6) is 0.108. The van der Waals surface area contributed by atoms with E-state index in [1.807, 2.05) is 18.2 Å². The molecule has 2 nitrogen and oxygen atoms in total. The Morgan fingerprint density at radius 3 is 2.78 bits per heavy atom. The molecule has 1 unspecified atom stereocenters. The number of hydrogen-bond donors (Lipinski definition) is 0. The average Bonchev–Trinajstić information content (AvgIpc) is 2.39. The third-order valence-electron chi connectivity index (χ3n) is 2.66. The zero-order chi connectivity index (χ0) is 13.0. The molecule has 0 aliphatic heterocycles. The van der Waals surface area contributed by atoms with Gasteiger partial charge in [0, 0.05) is 23.9 Å². The maximum Gasteiger partial charge on any atom is 0.131 e. The highest BCUT2D eigenvalue weighted by molar-refractivity contribution is 6.21. The van der Waals surface area contributed by atoms with Crippen molar-refractivity contribution in [2.75, 3.05) is 7.11 Å². The second-order valence-corrected chi connectivity index (χ2v) is 4.38. The highest BCUT2D eigenvalue weighted by Crippen LogP contribution is 2.33. The number of methoxy groups -OCH3 is 1. The number of halogens is 2. The van der Waals surface area contributed by atoms with Gasteiger partial charge in [-0.2, -0.15) is 0 Å². The molecular formula is C14H13ClFNO. The molecule has 2 aromatic rings. The molecule has 0 radical (unpaired) electrons. The standard InChI is InChI=1S/C14H13ClFNO/c1-18-13-7-4-6-12(16)14(13)11(15)9-10-5-2-3-8-17-10/h2-8,11H,9H2,1H3. The molecule has 0 saturated carbocycles. The first kappa shape index (κ1) is 12.8. The predicted molar refractivity (Wildman–Crippen MR) is 69.5 cm³/mol. The van der Waals surface area contributed by atoms with E-state index in [0.29, 0.717) is 17.7 Å². The van der Waals surface area contributed by atoms with E-state index in [1.54, 1.807) is 18.3 Å². The number of alkyl halides is 1. The van der Waals surface area contributed by atoms with Gasteiger partial charge in [-0.15, -0.1) is 11.6 Å². The molecule has 2 rings (SSSR count). The van der Waals surface area contributed by atoms with Crippen LogP contribution in [-0.4, -0.2) is 12.1 Å². The van der Waals surface area contributed by atoms with Crippen LogP contribution in [0.2, 0.25) is 0 Å². The van der Waals surface area contributed by atoms with E-state index in [0.717, 1.165) is 5.69 Å². The first-order chi connectivity index (χ1) is 8.72. The van der Waals surface area contributed by atoms with Crippen molar-refractivity contribution in [3.8, 4) is 5.75 Å². The molecule has 1 heterocycles. The molecule has 0 fully saturated rings. The summed E-state index contributed by atoms with van der Waals surface area (Å²) in [6.45, 7) is 0. The van der Waals surface area contributed by atoms with Crippen LogP contribution >= 0.6 is 11.6 Å². The zero-order valence-corrected chi connectivity index (χ0v) is 10.7. The summed E-state index contributed by atoms with van der Waals surface area (Å²) in [6.07, 6.45) is 2.15. The quantitative estimate of drug-likeness (QED) is 0.786. The molecule has 1 atom stereocenters. The molecule has 0 bridgehead atoms. The normalized spacial score (nSPS) is 12.2. The van der Waals surface area contributed by atoms with Crippen molar-refractivity contribution in [1.29, 1.82) is 0 Å². The van der Waals surface area contributed by atoms with E-state index < -0.39 is 5.38 Å². The van der Waals surface area contributed by atoms with Crippen LogP contribution in [0.1, 0.15) is 16.6 Å². The van der Waals surface area contributed by atoms with Crippen LogP contribution in [0.15, 0.2) is 42.6 Å². The van der Waals surface area contributed by atoms with Crippen LogP contribution in [0.5, 0.6) is 5.75 Å². The Hall–Kier alpha value is -1.61. The molecule has 18 heavy (non-hydrogen) atoms. The number of benzene rings is 1. The molecule has 94 valence electrons. The van der Waals surface area contributed by atoms with Crippen molar-refractivity contribution in [2.45, 2.75) is 11.8 Å². The van der Waals surface area contributed by atoms with Crippen molar-refractivity contribution in [3.05, 3.63) is 59.7 Å². The number of hydrogen-bond acceptors (Lipinski definition) is 2. The molecule has 0 N–H and O–H groups in total. The smallest absolute Gasteiger partial charge is 0.131 e. The molecule has 0 spiro atoms. The Morgan fingerprint density at radius 1 is 1.28 bits per heavy atom. The number of aromatic nitrogens is 1. The third kappa shape index (κ3) is 2.79. The van der Waals surface area contributed by atoms with Crippen LogP contribution in [-0.2, 0) is 6.42 Å². The van der Waals surface area contributed by atoms with Gasteiger partial charge in [-0.1, -0.05) is 12.1 Å². The Kier molecular flexibility index (Phi) is 4.15. The minimum absolute atomic E-state index is 0.356. The van der Waals surface area contributed by atoms with Crippen LogP contribution < -0.4 is 4.74 Å². The first-order valence-corrected chi connectivity index (χ1v) is 6.02. The van der Waals surface area contributed by atoms with E-state index in [9.17, 15) is 4.39 Å². The Labute approximate surface area is 110 Å². The Bertz CT molecular complexity index is 518. The fourth-order valence-electron chi connectivity index (χ4n) is 1.80. The Balaban J connectivity index is 2.26. The lowest BCUT2D eigenvalue weighted by molar-refractivity contribution is 0.403. The summed E-state index contributed by atoms with van der Waals surface area (Å²) < 4.78 is 18.9. The summed E-state index contributed by atoms with van der Waals surface area (Å²) >= 11 is 6.27. The fourth-order valence-corrected chi connectivity index (χ4v) is 2.17. The van der Waals surface area contributed by atoms with Crippen LogP contribution in [0, 0.1) is 5.82 Å². The molecule has 0 aliphatic carbocycles. The van der Waals surface area contributed by atoms with Gasteiger partial charge in [0.1, 0.15) is 11.6 Å². The molecule has 1 aromatic heterocycles. The van der Waals surface area contributed by atoms with E-state index in [2.05, 4.69) is 4.98 Å². The zero-order valence-electron chi connectivity index (χ0n) is 9.94. The summed E-state index contributed by atoms with van der Waals surface area (Å²) in [5.41, 5.74) is 1.20. The summed E-state index contributed by atoms with van der Waals surface area (Å²) in [7, 11) is 1.50. The summed E-state index contributed by atoms with van der Waals surface area (Å²) in [6, 6.07) is 10.3. The molecule has 0 saturated heterocycles. The largest absolute Gasteiger partial charge is 0.496 e. The van der Waals surface area contributed by atoms with E-state index >= 15 is 0 Å². The minimum Gasteiger partial charge on any atom is -0.496 e. The van der Waals surface area contributed by atoms with Gasteiger partial charge in [0.15, 0.2) is 0 Å². The molecule has 0 amide bonds. The number of ether oxygens (including phenoxy) is 1. The SMILES string of the molecule is COc1cccc(F)c1C(Cl)Cc1ccccn1. The number of rotatable bonds is 4. The highest BCUT2D eigenvalue weighted by atomic mass is 35.5. The maximum atomic E-state index is 13.8. The van der Waals surface area contributed by atoms with Crippen LogP contribution in [0.4, 0.5) is 4.39 Å². The average molecular weight is 266 g/mol. The van der Waals surface area contributed by atoms with Gasteiger partial charge < -0.3 is 4.74 Å². The van der Waals surface area contributed by atoms with Gasteiger partial charge in [0.2, 0.25) is 0 Å². The highest BCUT2D eigenvalue weighted by Gasteiger charge is 2.19. The minimum atomic E-state index is -0.504. The van der Waals surface area contributed by atoms with Crippen LogP contribution in [0.25, 0.3) is 0 Å². The molecular weight excluding hydrogens is 253 g/mol. The predicted octanol–water partition coefficient (Wildman–Crippen LogP) is 3.75. The van der Waals surface area contributed by atoms with Crippen molar-refractivity contribution in [2.24, 2.45) is 0 Å². The number of nitrogens with zero attached hydrogens (tertiary/aromatic N) is 1. The van der Waals surface area contributed by atoms with Crippen molar-refractivity contribution in [1.82, 2.24) is 4.98 Å². The van der Waals surface area contributed by atoms with Crippen LogP contribution in [0.3, 0.4) is 0 Å². The van der Waals surface area contributed by atoms with Crippen molar-refractivity contribution >= 4 is 11.6 Å². The van der Waals surface area contributed by atoms with Gasteiger partial charge in [-0.3, -0.25) is 4.98 Å². The summed E-state index contributed by atoms with van der Waals surface area (Å²) in [4.78, 5) is 4.18. The van der Waals surface area contributed by atoms with Crippen molar-refractivity contribution in [3.63, 3.8) is 0 Å². The van der Waals surface area contributed by atoms with Gasteiger partial charge in [-0.05, 0) is 24.3 Å². The van der Waals surface area contributed by atoms with Gasteiger partial charge in [0.05, 0.1) is 12.5 Å². The molecule has 0 aliphatic rings. The third-order valence-corrected chi connectivity index (χ3v) is 3.03. The van der Waals surface area contributed by atoms with E-state index in [1.165, 1.54) is 13.2 Å². The second-order valence-electron chi connectivity index (χ2n) is 3.85. The molecule has 4 heteroatoms. The first-order valence-electron chi connectivity index (χ1n) is 5.58.